The number of hydrogen-bond acceptors (Lipinski definition) is 2. The molecule has 20 heavy (non-hydrogen) atoms. The summed E-state index contributed by atoms with van der Waals surface area (Å²) in [6.45, 7) is 2.84. The van der Waals surface area contributed by atoms with Crippen LogP contribution >= 0.6 is 27.5 Å². The Bertz CT molecular complexity index is 575. The lowest BCUT2D eigenvalue weighted by atomic mass is 10.0. The molecule has 1 aromatic carbocycles. The average molecular weight is 358 g/mol. The van der Waals surface area contributed by atoms with Crippen LogP contribution in [0.4, 0.5) is 4.39 Å². The number of halogens is 3. The van der Waals surface area contributed by atoms with Crippen LogP contribution in [0.15, 0.2) is 41.0 Å². The summed E-state index contributed by atoms with van der Waals surface area (Å²) in [5.41, 5.74) is 1.81. The second-order valence-electron chi connectivity index (χ2n) is 4.43. The standard InChI is InChI=1S/C15H15BrClFN2/c1-2-19-14(13-7-6-11(17)9-20-13)8-10-4-3-5-12(18)15(10)16/h3-7,9,14,19H,2,8H2,1H3. The highest BCUT2D eigenvalue weighted by molar-refractivity contribution is 9.10. The number of nitrogens with one attached hydrogen (secondary N) is 1. The number of benzene rings is 1. The first kappa shape index (κ1) is 15.4. The van der Waals surface area contributed by atoms with Gasteiger partial charge in [-0.05, 0) is 52.7 Å². The van der Waals surface area contributed by atoms with Gasteiger partial charge in [0, 0.05) is 6.20 Å². The van der Waals surface area contributed by atoms with Gasteiger partial charge < -0.3 is 5.32 Å². The molecule has 0 aliphatic heterocycles. The van der Waals surface area contributed by atoms with E-state index in [4.69, 9.17) is 11.6 Å². The van der Waals surface area contributed by atoms with Crippen molar-refractivity contribution in [3.05, 3.63) is 63.1 Å². The lowest BCUT2D eigenvalue weighted by Gasteiger charge is -2.18. The third kappa shape index (κ3) is 3.78. The van der Waals surface area contributed by atoms with Crippen LogP contribution in [0.3, 0.4) is 0 Å². The van der Waals surface area contributed by atoms with Gasteiger partial charge in [0.25, 0.3) is 0 Å². The molecule has 106 valence electrons. The molecule has 0 bridgehead atoms. The van der Waals surface area contributed by atoms with E-state index in [-0.39, 0.29) is 11.9 Å². The summed E-state index contributed by atoms with van der Waals surface area (Å²) in [5, 5.41) is 3.97. The van der Waals surface area contributed by atoms with Crippen LogP contribution in [-0.2, 0) is 6.42 Å². The summed E-state index contributed by atoms with van der Waals surface area (Å²) in [6, 6.07) is 8.80. The van der Waals surface area contributed by atoms with E-state index in [1.54, 1.807) is 12.3 Å². The fourth-order valence-electron chi connectivity index (χ4n) is 2.05. The molecule has 0 aliphatic rings. The third-order valence-electron chi connectivity index (χ3n) is 3.01. The van der Waals surface area contributed by atoms with Crippen molar-refractivity contribution in [3.63, 3.8) is 0 Å². The summed E-state index contributed by atoms with van der Waals surface area (Å²) in [4.78, 5) is 4.34. The molecule has 2 rings (SSSR count). The molecule has 0 saturated carbocycles. The first-order valence-electron chi connectivity index (χ1n) is 6.39. The summed E-state index contributed by atoms with van der Waals surface area (Å²) >= 11 is 9.16. The van der Waals surface area contributed by atoms with Gasteiger partial charge in [-0.1, -0.05) is 30.7 Å². The summed E-state index contributed by atoms with van der Waals surface area (Å²) in [6.07, 6.45) is 2.28. The monoisotopic (exact) mass is 356 g/mol. The highest BCUT2D eigenvalue weighted by Crippen LogP contribution is 2.25. The zero-order valence-electron chi connectivity index (χ0n) is 11.0. The first-order chi connectivity index (χ1) is 9.61. The van der Waals surface area contributed by atoms with Crippen molar-refractivity contribution >= 4 is 27.5 Å². The van der Waals surface area contributed by atoms with Crippen molar-refractivity contribution in [3.8, 4) is 0 Å². The lowest BCUT2D eigenvalue weighted by Crippen LogP contribution is -2.24. The number of pyridine rings is 1. The van der Waals surface area contributed by atoms with Crippen LogP contribution in [0.25, 0.3) is 0 Å². The van der Waals surface area contributed by atoms with Crippen LogP contribution in [-0.4, -0.2) is 11.5 Å². The summed E-state index contributed by atoms with van der Waals surface area (Å²) in [7, 11) is 0. The van der Waals surface area contributed by atoms with E-state index in [0.717, 1.165) is 17.8 Å². The van der Waals surface area contributed by atoms with Gasteiger partial charge in [-0.15, -0.1) is 0 Å². The van der Waals surface area contributed by atoms with E-state index < -0.39 is 0 Å². The Kier molecular flexibility index (Phi) is 5.52. The zero-order chi connectivity index (χ0) is 14.5. The Morgan fingerprint density at radius 3 is 2.80 bits per heavy atom. The second-order valence-corrected chi connectivity index (χ2v) is 5.66. The smallest absolute Gasteiger partial charge is 0.137 e. The number of rotatable bonds is 5. The molecule has 0 aliphatic carbocycles. The van der Waals surface area contributed by atoms with Gasteiger partial charge in [0.05, 0.1) is 21.2 Å². The maximum atomic E-state index is 13.6. The van der Waals surface area contributed by atoms with Gasteiger partial charge in [0.2, 0.25) is 0 Å². The van der Waals surface area contributed by atoms with Crippen molar-refractivity contribution in [1.29, 1.82) is 0 Å². The van der Waals surface area contributed by atoms with Crippen LogP contribution in [0, 0.1) is 5.82 Å². The van der Waals surface area contributed by atoms with E-state index in [2.05, 4.69) is 26.2 Å². The third-order valence-corrected chi connectivity index (χ3v) is 4.13. The molecule has 1 atom stereocenters. The molecule has 1 heterocycles. The SMILES string of the molecule is CCNC(Cc1cccc(F)c1Br)c1ccc(Cl)cn1. The van der Waals surface area contributed by atoms with Crippen molar-refractivity contribution in [1.82, 2.24) is 10.3 Å². The van der Waals surface area contributed by atoms with Gasteiger partial charge in [-0.25, -0.2) is 4.39 Å². The van der Waals surface area contributed by atoms with E-state index in [1.807, 2.05) is 25.1 Å². The Balaban J connectivity index is 2.25. The molecule has 5 heteroatoms. The largest absolute Gasteiger partial charge is 0.309 e. The quantitative estimate of drug-likeness (QED) is 0.850. The molecule has 0 amide bonds. The van der Waals surface area contributed by atoms with Crippen molar-refractivity contribution < 1.29 is 4.39 Å². The normalized spacial score (nSPS) is 12.4. The van der Waals surface area contributed by atoms with Gasteiger partial charge in [0.15, 0.2) is 0 Å². The number of aromatic nitrogens is 1. The van der Waals surface area contributed by atoms with Crippen molar-refractivity contribution in [2.45, 2.75) is 19.4 Å². The Hall–Kier alpha value is -0.970. The lowest BCUT2D eigenvalue weighted by molar-refractivity contribution is 0.532. The van der Waals surface area contributed by atoms with Crippen LogP contribution in [0.2, 0.25) is 5.02 Å². The molecule has 0 radical (unpaired) electrons. The molecule has 2 nitrogen and oxygen atoms in total. The molecule has 0 saturated heterocycles. The highest BCUT2D eigenvalue weighted by atomic mass is 79.9. The predicted molar refractivity (Wildman–Crippen MR) is 83.5 cm³/mol. The van der Waals surface area contributed by atoms with Crippen molar-refractivity contribution in [2.75, 3.05) is 6.54 Å². The summed E-state index contributed by atoms with van der Waals surface area (Å²) in [5.74, 6) is -0.248. The van der Waals surface area contributed by atoms with Gasteiger partial charge in [0.1, 0.15) is 5.82 Å². The van der Waals surface area contributed by atoms with E-state index in [9.17, 15) is 4.39 Å². The Morgan fingerprint density at radius 1 is 1.35 bits per heavy atom. The minimum Gasteiger partial charge on any atom is -0.309 e. The molecule has 1 N–H and O–H groups in total. The zero-order valence-corrected chi connectivity index (χ0v) is 13.4. The molecular weight excluding hydrogens is 343 g/mol. The molecule has 1 aromatic heterocycles. The molecule has 0 spiro atoms. The minimum atomic E-state index is -0.248. The van der Waals surface area contributed by atoms with Crippen LogP contribution < -0.4 is 5.32 Å². The number of hydrogen-bond donors (Lipinski definition) is 1. The molecule has 2 aromatic rings. The average Bonchev–Trinajstić information content (AvgIpc) is 2.44. The topological polar surface area (TPSA) is 24.9 Å². The number of nitrogens with zero attached hydrogens (tertiary/aromatic N) is 1. The predicted octanol–water partition coefficient (Wildman–Crippen LogP) is 4.53. The van der Waals surface area contributed by atoms with Gasteiger partial charge in [-0.2, -0.15) is 0 Å². The molecular formula is C15H15BrClFN2. The fraction of sp³-hybridized carbons (Fsp3) is 0.267. The van der Waals surface area contributed by atoms with Crippen LogP contribution in [0.5, 0.6) is 0 Å². The first-order valence-corrected chi connectivity index (χ1v) is 7.56. The Labute approximate surface area is 131 Å². The van der Waals surface area contributed by atoms with Crippen LogP contribution in [0.1, 0.15) is 24.2 Å². The maximum Gasteiger partial charge on any atom is 0.137 e. The molecule has 1 unspecified atom stereocenters. The minimum absolute atomic E-state index is 0.0235. The summed E-state index contributed by atoms with van der Waals surface area (Å²) < 4.78 is 14.1. The molecule has 0 fully saturated rings. The van der Waals surface area contributed by atoms with Crippen molar-refractivity contribution in [2.24, 2.45) is 0 Å². The van der Waals surface area contributed by atoms with Gasteiger partial charge >= 0.3 is 0 Å². The van der Waals surface area contributed by atoms with E-state index in [0.29, 0.717) is 15.9 Å². The van der Waals surface area contributed by atoms with E-state index >= 15 is 0 Å². The number of likely N-dealkylation sites (N-methyl/N-ethyl adjacent to an activating group) is 1. The van der Waals surface area contributed by atoms with Gasteiger partial charge in [-0.3, -0.25) is 4.98 Å². The Morgan fingerprint density at radius 2 is 2.15 bits per heavy atom. The second kappa shape index (κ2) is 7.16. The highest BCUT2D eigenvalue weighted by Gasteiger charge is 2.15. The van der Waals surface area contributed by atoms with E-state index in [1.165, 1.54) is 6.07 Å². The fourth-order valence-corrected chi connectivity index (χ4v) is 2.59. The maximum absolute atomic E-state index is 13.6.